The maximum Gasteiger partial charge on any atom is 0.270 e. The number of nitrogens with one attached hydrogen (secondary N) is 2. The van der Waals surface area contributed by atoms with Crippen LogP contribution in [0.2, 0.25) is 0 Å². The number of aromatic nitrogens is 3. The van der Waals surface area contributed by atoms with Crippen LogP contribution in [0.3, 0.4) is 0 Å². The van der Waals surface area contributed by atoms with Gasteiger partial charge in [-0.1, -0.05) is 6.07 Å². The van der Waals surface area contributed by atoms with E-state index in [0.717, 1.165) is 56.1 Å². The number of anilines is 3. The first-order valence-electron chi connectivity index (χ1n) is 12.7. The fourth-order valence-corrected chi connectivity index (χ4v) is 5.24. The molecule has 0 unspecified atom stereocenters. The summed E-state index contributed by atoms with van der Waals surface area (Å²) in [6, 6.07) is 7.43. The van der Waals surface area contributed by atoms with E-state index in [2.05, 4.69) is 35.4 Å². The first kappa shape index (κ1) is 26.8. The summed E-state index contributed by atoms with van der Waals surface area (Å²) in [6.07, 6.45) is 6.74. The topological polar surface area (TPSA) is 138 Å². The van der Waals surface area contributed by atoms with Gasteiger partial charge in [-0.25, -0.2) is 9.97 Å². The number of nitrogen functional groups attached to an aromatic ring is 2. The quantitative estimate of drug-likeness (QED) is 0.279. The second kappa shape index (κ2) is 12.8. The second-order valence-electron chi connectivity index (χ2n) is 9.72. The molecule has 11 heteroatoms. The van der Waals surface area contributed by atoms with E-state index in [9.17, 15) is 4.79 Å². The first-order valence-corrected chi connectivity index (χ1v) is 13.5. The van der Waals surface area contributed by atoms with Gasteiger partial charge < -0.3 is 27.0 Å². The lowest BCUT2D eigenvalue weighted by atomic mass is 9.96. The molecule has 1 aliphatic rings. The third kappa shape index (κ3) is 7.61. The van der Waals surface area contributed by atoms with Gasteiger partial charge in [-0.15, -0.1) is 11.3 Å². The Morgan fingerprint density at radius 2 is 2.03 bits per heavy atom. The Hall–Kier alpha value is -3.28. The second-order valence-corrected chi connectivity index (χ2v) is 10.8. The van der Waals surface area contributed by atoms with Crippen molar-refractivity contribution >= 4 is 34.4 Å². The van der Waals surface area contributed by atoms with Gasteiger partial charge in [0.2, 0.25) is 0 Å². The molecule has 0 aromatic carbocycles. The Bertz CT molecular complexity index is 1160. The van der Waals surface area contributed by atoms with E-state index in [-0.39, 0.29) is 11.6 Å². The number of hydrogen-bond acceptors (Lipinski definition) is 10. The molecule has 0 spiro atoms. The zero-order chi connectivity index (χ0) is 26.2. The highest BCUT2D eigenvalue weighted by Gasteiger charge is 2.22. The molecule has 0 bridgehead atoms. The molecule has 0 atom stereocenters. The smallest absolute Gasteiger partial charge is 0.270 e. The molecule has 4 heterocycles. The molecule has 0 radical (unpaired) electrons. The van der Waals surface area contributed by atoms with Gasteiger partial charge in [0, 0.05) is 36.9 Å². The average Bonchev–Trinajstić information content (AvgIpc) is 3.37. The Balaban J connectivity index is 1.22. The van der Waals surface area contributed by atoms with Crippen LogP contribution in [0.4, 0.5) is 17.2 Å². The summed E-state index contributed by atoms with van der Waals surface area (Å²) in [4.78, 5) is 32.0. The van der Waals surface area contributed by atoms with E-state index in [1.807, 2.05) is 38.5 Å². The molecule has 1 saturated heterocycles. The van der Waals surface area contributed by atoms with Crippen LogP contribution in [0.5, 0.6) is 0 Å². The Labute approximate surface area is 222 Å². The average molecular weight is 524 g/mol. The number of piperidine rings is 1. The number of nitrogens with zero attached hydrogens (tertiary/aromatic N) is 5. The molecule has 6 N–H and O–H groups in total. The van der Waals surface area contributed by atoms with Gasteiger partial charge in [-0.05, 0) is 77.1 Å². The van der Waals surface area contributed by atoms with E-state index in [1.54, 1.807) is 23.6 Å². The molecule has 1 fully saturated rings. The molecule has 4 rings (SSSR count). The number of amides is 1. The maximum absolute atomic E-state index is 12.8. The highest BCUT2D eigenvalue weighted by molar-refractivity contribution is 7.14. The van der Waals surface area contributed by atoms with Crippen molar-refractivity contribution in [1.82, 2.24) is 30.1 Å². The summed E-state index contributed by atoms with van der Waals surface area (Å²) in [7, 11) is 4.06. The van der Waals surface area contributed by atoms with E-state index in [0.29, 0.717) is 36.2 Å². The molecule has 3 aromatic rings. The number of hydrogen-bond donors (Lipinski definition) is 4. The van der Waals surface area contributed by atoms with Crippen LogP contribution < -0.4 is 22.1 Å². The lowest BCUT2D eigenvalue weighted by Crippen LogP contribution is -2.38. The van der Waals surface area contributed by atoms with Crippen molar-refractivity contribution in [2.75, 3.05) is 63.6 Å². The van der Waals surface area contributed by atoms with Gasteiger partial charge in [-0.2, -0.15) is 0 Å². The summed E-state index contributed by atoms with van der Waals surface area (Å²) in [5.74, 6) is 0.671. The Kier molecular flexibility index (Phi) is 9.26. The molecule has 198 valence electrons. The molecular formula is C26H37N9OS. The molecule has 1 aliphatic heterocycles. The van der Waals surface area contributed by atoms with E-state index >= 15 is 0 Å². The normalized spacial score (nSPS) is 14.7. The summed E-state index contributed by atoms with van der Waals surface area (Å²) in [5.41, 5.74) is 14.1. The van der Waals surface area contributed by atoms with Crippen molar-refractivity contribution in [2.24, 2.45) is 5.92 Å². The Morgan fingerprint density at radius 1 is 1.22 bits per heavy atom. The van der Waals surface area contributed by atoms with Crippen molar-refractivity contribution < 1.29 is 4.79 Å². The zero-order valence-corrected chi connectivity index (χ0v) is 22.4. The van der Waals surface area contributed by atoms with E-state index in [1.165, 1.54) is 4.88 Å². The SMILES string of the molecule is CN(C)CCCNc1nc(C(=O)NCC2CCN(Cc3cnc(-c4ccccn4)s3)CC2)cc(N)c1N. The van der Waals surface area contributed by atoms with Crippen molar-refractivity contribution in [3.63, 3.8) is 0 Å². The summed E-state index contributed by atoms with van der Waals surface area (Å²) >= 11 is 1.70. The fourth-order valence-electron chi connectivity index (χ4n) is 4.31. The minimum Gasteiger partial charge on any atom is -0.397 e. The van der Waals surface area contributed by atoms with Gasteiger partial charge in [0.15, 0.2) is 5.82 Å². The van der Waals surface area contributed by atoms with Gasteiger partial charge in [0.25, 0.3) is 5.91 Å². The first-order chi connectivity index (χ1) is 17.9. The highest BCUT2D eigenvalue weighted by atomic mass is 32.1. The van der Waals surface area contributed by atoms with Crippen molar-refractivity contribution in [3.05, 3.63) is 47.2 Å². The zero-order valence-electron chi connectivity index (χ0n) is 21.6. The summed E-state index contributed by atoms with van der Waals surface area (Å²) < 4.78 is 0. The minimum atomic E-state index is -0.225. The third-order valence-corrected chi connectivity index (χ3v) is 7.48. The molecule has 0 saturated carbocycles. The standard InChI is InChI=1S/C26H37N9OS/c1-34(2)11-5-10-30-24-23(28)20(27)14-22(33-24)25(36)31-15-18-7-12-35(13-8-18)17-19-16-32-26(37-19)21-6-3-4-9-29-21/h3-4,6,9,14,16,18H,5,7-8,10-13,15,17,28H2,1-2H3,(H,31,36)(H3,27,30,33). The van der Waals surface area contributed by atoms with Crippen molar-refractivity contribution in [1.29, 1.82) is 0 Å². The summed E-state index contributed by atoms with van der Waals surface area (Å²) in [5, 5.41) is 7.21. The van der Waals surface area contributed by atoms with Crippen molar-refractivity contribution in [2.45, 2.75) is 25.8 Å². The minimum absolute atomic E-state index is 0.225. The number of pyridine rings is 2. The number of nitrogens with two attached hydrogens (primary N) is 2. The van der Waals surface area contributed by atoms with Gasteiger partial charge in [0.1, 0.15) is 10.7 Å². The molecule has 1 amide bonds. The molecule has 0 aliphatic carbocycles. The van der Waals surface area contributed by atoms with Crippen molar-refractivity contribution in [3.8, 4) is 10.7 Å². The molecule has 3 aromatic heterocycles. The third-order valence-electron chi connectivity index (χ3n) is 6.47. The van der Waals surface area contributed by atoms with Gasteiger partial charge in [-0.3, -0.25) is 14.7 Å². The van der Waals surface area contributed by atoms with Gasteiger partial charge in [0.05, 0.1) is 17.1 Å². The van der Waals surface area contributed by atoms with Crippen LogP contribution in [-0.2, 0) is 6.54 Å². The highest BCUT2D eigenvalue weighted by Crippen LogP contribution is 2.26. The lowest BCUT2D eigenvalue weighted by Gasteiger charge is -2.31. The summed E-state index contributed by atoms with van der Waals surface area (Å²) in [6.45, 7) is 5.14. The fraction of sp³-hybridized carbons (Fsp3) is 0.462. The monoisotopic (exact) mass is 523 g/mol. The number of thiazole rings is 1. The number of likely N-dealkylation sites (tertiary alicyclic amines) is 1. The van der Waals surface area contributed by atoms with Crippen LogP contribution >= 0.6 is 11.3 Å². The number of carbonyl (C=O) groups is 1. The Morgan fingerprint density at radius 3 is 2.76 bits per heavy atom. The van der Waals surface area contributed by atoms with Gasteiger partial charge >= 0.3 is 0 Å². The largest absolute Gasteiger partial charge is 0.397 e. The number of rotatable bonds is 11. The number of carbonyl (C=O) groups excluding carboxylic acids is 1. The maximum atomic E-state index is 12.8. The predicted octanol–water partition coefficient (Wildman–Crippen LogP) is 2.77. The molecular weight excluding hydrogens is 486 g/mol. The van der Waals surface area contributed by atoms with E-state index in [4.69, 9.17) is 11.5 Å². The predicted molar refractivity (Wildman–Crippen MR) is 150 cm³/mol. The molecule has 10 nitrogen and oxygen atoms in total. The van der Waals surface area contributed by atoms with E-state index < -0.39 is 0 Å². The van der Waals surface area contributed by atoms with Crippen LogP contribution in [0.15, 0.2) is 36.7 Å². The lowest BCUT2D eigenvalue weighted by molar-refractivity contribution is 0.0930. The van der Waals surface area contributed by atoms with Crippen LogP contribution in [0, 0.1) is 5.92 Å². The molecule has 37 heavy (non-hydrogen) atoms. The van der Waals surface area contributed by atoms with Crippen LogP contribution in [0.25, 0.3) is 10.7 Å². The van der Waals surface area contributed by atoms with Crippen LogP contribution in [0.1, 0.15) is 34.6 Å². The van der Waals surface area contributed by atoms with Crippen LogP contribution in [-0.4, -0.2) is 77.5 Å².